The molecule has 1 unspecified atom stereocenters. The number of aliphatic hydroxyl groups is 1. The van der Waals surface area contributed by atoms with Crippen LogP contribution < -0.4 is 16.3 Å². The van der Waals surface area contributed by atoms with Gasteiger partial charge in [-0.15, -0.1) is 0 Å². The Hall–Kier alpha value is -1.37. The van der Waals surface area contributed by atoms with Gasteiger partial charge in [-0.05, 0) is 21.0 Å². The van der Waals surface area contributed by atoms with Gasteiger partial charge >= 0.3 is 13.4 Å². The van der Waals surface area contributed by atoms with E-state index in [2.05, 4.69) is 10.1 Å². The first kappa shape index (κ1) is 21.3. The molecule has 3 heterocycles. The van der Waals surface area contributed by atoms with Crippen LogP contribution >= 0.6 is 7.75 Å². The third kappa shape index (κ3) is 4.61. The number of ether oxygens (including phenoxy) is 1. The van der Waals surface area contributed by atoms with Crippen LogP contribution in [0.4, 0.5) is 0 Å². The highest BCUT2D eigenvalue weighted by molar-refractivity contribution is 7.50. The van der Waals surface area contributed by atoms with Crippen LogP contribution in [-0.4, -0.2) is 81.6 Å². The zero-order valence-corrected chi connectivity index (χ0v) is 16.8. The molecule has 4 N–H and O–H groups in total. The minimum atomic E-state index is -4.15. The Morgan fingerprint density at radius 3 is 2.64 bits per heavy atom. The van der Waals surface area contributed by atoms with Crippen LogP contribution in [0.1, 0.15) is 18.2 Å². The maximum atomic E-state index is 12.3. The normalized spacial score (nSPS) is 29.4. The number of aromatic nitrogens is 2. The van der Waals surface area contributed by atoms with Crippen LogP contribution in [0.3, 0.4) is 0 Å². The van der Waals surface area contributed by atoms with Crippen molar-refractivity contribution in [3.05, 3.63) is 32.6 Å². The third-order valence-corrected chi connectivity index (χ3v) is 6.05. The van der Waals surface area contributed by atoms with Gasteiger partial charge in [-0.3, -0.25) is 28.7 Å². The second-order valence-corrected chi connectivity index (χ2v) is 8.75. The Morgan fingerprint density at radius 1 is 1.36 bits per heavy atom. The zero-order valence-electron chi connectivity index (χ0n) is 15.9. The van der Waals surface area contributed by atoms with Crippen molar-refractivity contribution in [1.29, 1.82) is 0 Å². The number of H-pyrrole nitrogens is 1. The number of hydrogen-bond acceptors (Lipinski definition) is 8. The molecule has 3 rings (SSSR count). The van der Waals surface area contributed by atoms with Gasteiger partial charge in [-0.2, -0.15) is 5.09 Å². The average molecular weight is 419 g/mol. The highest BCUT2D eigenvalue weighted by Gasteiger charge is 2.39. The van der Waals surface area contributed by atoms with Gasteiger partial charge in [-0.25, -0.2) is 9.36 Å². The van der Waals surface area contributed by atoms with E-state index in [1.54, 1.807) is 6.92 Å². The average Bonchev–Trinajstić information content (AvgIpc) is 3.13. The topological polar surface area (TPSA) is 149 Å². The summed E-state index contributed by atoms with van der Waals surface area (Å²) in [6.07, 6.45) is -1.72. The minimum absolute atomic E-state index is 0.0800. The molecule has 0 amide bonds. The first-order valence-electron chi connectivity index (χ1n) is 8.88. The van der Waals surface area contributed by atoms with Crippen molar-refractivity contribution < 1.29 is 23.8 Å². The molecule has 0 saturated carbocycles. The van der Waals surface area contributed by atoms with Crippen LogP contribution in [0.5, 0.6) is 0 Å². The monoisotopic (exact) mass is 419 g/mol. The molecule has 2 aliphatic heterocycles. The highest BCUT2D eigenvalue weighted by Crippen LogP contribution is 2.40. The highest BCUT2D eigenvalue weighted by atomic mass is 31.2. The van der Waals surface area contributed by atoms with Gasteiger partial charge in [0, 0.05) is 31.3 Å². The molecule has 12 nitrogen and oxygen atoms in total. The quantitative estimate of drug-likeness (QED) is 0.396. The summed E-state index contributed by atoms with van der Waals surface area (Å²) in [5.41, 5.74) is -0.823. The molecule has 0 aliphatic carbocycles. The molecule has 0 bridgehead atoms. The van der Waals surface area contributed by atoms with Crippen molar-refractivity contribution in [2.24, 2.45) is 0 Å². The van der Waals surface area contributed by atoms with E-state index in [1.165, 1.54) is 10.8 Å². The molecule has 4 atom stereocenters. The van der Waals surface area contributed by atoms with Gasteiger partial charge in [0.2, 0.25) is 0 Å². The van der Waals surface area contributed by atoms with E-state index >= 15 is 0 Å². The summed E-state index contributed by atoms with van der Waals surface area (Å²) in [6.45, 7) is 2.70. The summed E-state index contributed by atoms with van der Waals surface area (Å²) >= 11 is 0. The van der Waals surface area contributed by atoms with E-state index in [4.69, 9.17) is 9.26 Å². The summed E-state index contributed by atoms with van der Waals surface area (Å²) < 4.78 is 24.3. The van der Waals surface area contributed by atoms with Gasteiger partial charge in [0.25, 0.3) is 5.56 Å². The summed E-state index contributed by atoms with van der Waals surface area (Å²) in [5, 5.41) is 12.8. The molecule has 1 aromatic rings. The predicted molar refractivity (Wildman–Crippen MR) is 98.6 cm³/mol. The van der Waals surface area contributed by atoms with Crippen molar-refractivity contribution >= 4 is 7.75 Å². The van der Waals surface area contributed by atoms with Crippen molar-refractivity contribution in [2.45, 2.75) is 38.1 Å². The first-order chi connectivity index (χ1) is 13.1. The molecule has 2 fully saturated rings. The fraction of sp³-hybridized carbons (Fsp3) is 0.733. The summed E-state index contributed by atoms with van der Waals surface area (Å²) in [6, 6.07) is 0. The number of aliphatic hydroxyl groups excluding tert-OH is 1. The molecule has 0 spiro atoms. The van der Waals surface area contributed by atoms with E-state index in [9.17, 15) is 24.2 Å². The van der Waals surface area contributed by atoms with Gasteiger partial charge in [0.15, 0.2) is 0 Å². The van der Waals surface area contributed by atoms with Crippen molar-refractivity contribution in [2.75, 3.05) is 33.8 Å². The van der Waals surface area contributed by atoms with E-state index in [0.29, 0.717) is 5.56 Å². The number of rotatable bonds is 6. The second kappa shape index (κ2) is 8.17. The van der Waals surface area contributed by atoms with Crippen LogP contribution in [0, 0.1) is 6.92 Å². The lowest BCUT2D eigenvalue weighted by molar-refractivity contribution is -0.0434. The predicted octanol–water partition coefficient (Wildman–Crippen LogP) is -1.64. The standard InChI is InChI=1S/C15H26N5O7P/c1-9-7-20(15(23)16-13(9)22)12-6-10(21)11(27-12)8-26-28(24,25)17-14-18(2)4-5-19(14)3/h7,10-12,14,21H,4-6,8H2,1-3H3,(H,16,22,23)(H2,17,24,25)/t10-,11+,12+/m0/s1. The summed E-state index contributed by atoms with van der Waals surface area (Å²) in [5.74, 6) is 0. The lowest BCUT2D eigenvalue weighted by Crippen LogP contribution is -2.45. The van der Waals surface area contributed by atoms with E-state index in [-0.39, 0.29) is 13.0 Å². The number of likely N-dealkylation sites (N-methyl/N-ethyl adjacent to an activating group) is 2. The van der Waals surface area contributed by atoms with Gasteiger partial charge in [0.05, 0.1) is 12.7 Å². The smallest absolute Gasteiger partial charge is 0.390 e. The number of nitrogens with one attached hydrogen (secondary N) is 2. The minimum Gasteiger partial charge on any atom is -0.390 e. The molecular weight excluding hydrogens is 393 g/mol. The number of hydrogen-bond donors (Lipinski definition) is 4. The SMILES string of the molecule is Cc1cn([C@H]2C[C@H](O)[C@@H](COP(=O)(O)NC3N(C)CCN3C)O2)c(=O)[nH]c1=O. The van der Waals surface area contributed by atoms with E-state index in [0.717, 1.165) is 13.1 Å². The Morgan fingerprint density at radius 2 is 2.00 bits per heavy atom. The Kier molecular flexibility index (Phi) is 6.23. The van der Waals surface area contributed by atoms with Gasteiger partial charge in [-0.1, -0.05) is 0 Å². The Bertz CT molecular complexity index is 863. The maximum absolute atomic E-state index is 12.3. The first-order valence-corrected chi connectivity index (χ1v) is 10.5. The van der Waals surface area contributed by atoms with Crippen LogP contribution in [0.15, 0.2) is 15.8 Å². The Balaban J connectivity index is 1.61. The molecule has 158 valence electrons. The molecule has 13 heteroatoms. The third-order valence-electron chi connectivity index (χ3n) is 4.99. The molecule has 2 saturated heterocycles. The number of nitrogens with zero attached hydrogens (tertiary/aromatic N) is 3. The van der Waals surface area contributed by atoms with Crippen LogP contribution in [0.2, 0.25) is 0 Å². The summed E-state index contributed by atoms with van der Waals surface area (Å²) in [7, 11) is -0.514. The van der Waals surface area contributed by atoms with Crippen LogP contribution in [0.25, 0.3) is 0 Å². The molecular formula is C15H26N5O7P. The molecule has 2 aliphatic rings. The fourth-order valence-electron chi connectivity index (χ4n) is 3.29. The molecule has 0 aromatic carbocycles. The molecule has 28 heavy (non-hydrogen) atoms. The lowest BCUT2D eigenvalue weighted by atomic mass is 10.2. The van der Waals surface area contributed by atoms with Crippen molar-refractivity contribution in [3.63, 3.8) is 0 Å². The number of aryl methyl sites for hydroxylation is 1. The lowest BCUT2D eigenvalue weighted by Gasteiger charge is -2.28. The number of aromatic amines is 1. The van der Waals surface area contributed by atoms with Gasteiger partial charge < -0.3 is 14.7 Å². The second-order valence-electron chi connectivity index (χ2n) is 7.19. The van der Waals surface area contributed by atoms with E-state index < -0.39 is 43.7 Å². The fourth-order valence-corrected chi connectivity index (χ4v) is 4.40. The Labute approximate surface area is 161 Å². The van der Waals surface area contributed by atoms with Gasteiger partial charge in [0.1, 0.15) is 18.6 Å². The summed E-state index contributed by atoms with van der Waals surface area (Å²) in [4.78, 5) is 39.5. The largest absolute Gasteiger partial charge is 0.405 e. The molecule has 1 aromatic heterocycles. The van der Waals surface area contributed by atoms with Crippen molar-refractivity contribution in [1.82, 2.24) is 24.4 Å². The zero-order chi connectivity index (χ0) is 20.6. The van der Waals surface area contributed by atoms with Crippen LogP contribution in [-0.2, 0) is 13.8 Å². The van der Waals surface area contributed by atoms with E-state index in [1.807, 2.05) is 23.9 Å². The molecule has 0 radical (unpaired) electrons. The maximum Gasteiger partial charge on any atom is 0.405 e. The van der Waals surface area contributed by atoms with Crippen molar-refractivity contribution in [3.8, 4) is 0 Å².